The van der Waals surface area contributed by atoms with Crippen LogP contribution in [0.4, 0.5) is 0 Å². The van der Waals surface area contributed by atoms with Crippen molar-refractivity contribution in [2.45, 2.75) is 51.1 Å². The third kappa shape index (κ3) is 4.78. The molecule has 0 bridgehead atoms. The second-order valence-electron chi connectivity index (χ2n) is 9.31. The first-order chi connectivity index (χ1) is 16.4. The molecule has 3 aromatic rings. The summed E-state index contributed by atoms with van der Waals surface area (Å²) in [6.45, 7) is 8.13. The number of hydrogen-bond donors (Lipinski definition) is 0. The second kappa shape index (κ2) is 10.3. The summed E-state index contributed by atoms with van der Waals surface area (Å²) >= 11 is 12.7. The summed E-state index contributed by atoms with van der Waals surface area (Å²) in [5.41, 5.74) is 2.48. The Bertz CT molecular complexity index is 1150. The van der Waals surface area contributed by atoms with Gasteiger partial charge in [-0.3, -0.25) is 9.78 Å². The van der Waals surface area contributed by atoms with Crippen molar-refractivity contribution in [2.24, 2.45) is 5.41 Å². The molecule has 0 aliphatic carbocycles. The van der Waals surface area contributed by atoms with Crippen molar-refractivity contribution >= 4 is 29.1 Å². The lowest BCUT2D eigenvalue weighted by Crippen LogP contribution is -2.53. The number of nitrogens with zero attached hydrogens (tertiary/aromatic N) is 2. The highest BCUT2D eigenvalue weighted by molar-refractivity contribution is 6.30. The number of likely N-dealkylation sites (tertiary alicyclic amines) is 1. The number of halogens is 2. The first-order valence-corrected chi connectivity index (χ1v) is 12.5. The van der Waals surface area contributed by atoms with Gasteiger partial charge in [0.2, 0.25) is 5.91 Å². The SMILES string of the molecule is C=CC[C@@]1(C)CC(c2cccc(Cl)c2)C(c2ccc(Cl)cc2)N([C@@H](CC)c2ccccn2)C1=O. The van der Waals surface area contributed by atoms with E-state index in [9.17, 15) is 4.79 Å². The minimum absolute atomic E-state index is 0.0419. The monoisotopic (exact) mass is 492 g/mol. The molecule has 5 heteroatoms. The molecule has 2 aromatic carbocycles. The van der Waals surface area contributed by atoms with Crippen LogP contribution < -0.4 is 0 Å². The number of pyridine rings is 1. The van der Waals surface area contributed by atoms with Crippen LogP contribution in [0.1, 0.15) is 67.9 Å². The summed E-state index contributed by atoms with van der Waals surface area (Å²) in [4.78, 5) is 21.0. The molecule has 1 fully saturated rings. The van der Waals surface area contributed by atoms with Gasteiger partial charge < -0.3 is 4.90 Å². The van der Waals surface area contributed by atoms with Crippen molar-refractivity contribution in [3.63, 3.8) is 0 Å². The number of carbonyl (C=O) groups excluding carboxylic acids is 1. The average molecular weight is 493 g/mol. The summed E-state index contributed by atoms with van der Waals surface area (Å²) in [5.74, 6) is 0.170. The van der Waals surface area contributed by atoms with Gasteiger partial charge in [-0.2, -0.15) is 0 Å². The molecule has 3 nitrogen and oxygen atoms in total. The Kier molecular flexibility index (Phi) is 7.45. The maximum Gasteiger partial charge on any atom is 0.229 e. The van der Waals surface area contributed by atoms with Gasteiger partial charge in [-0.1, -0.05) is 73.5 Å². The maximum atomic E-state index is 14.3. The van der Waals surface area contributed by atoms with E-state index in [1.165, 1.54) is 0 Å². The zero-order valence-electron chi connectivity index (χ0n) is 19.6. The summed E-state index contributed by atoms with van der Waals surface area (Å²) in [7, 11) is 0. The van der Waals surface area contributed by atoms with E-state index in [1.807, 2.05) is 66.7 Å². The topological polar surface area (TPSA) is 33.2 Å². The van der Waals surface area contributed by atoms with Gasteiger partial charge in [0.15, 0.2) is 0 Å². The van der Waals surface area contributed by atoms with Crippen LogP contribution in [0, 0.1) is 5.41 Å². The molecule has 1 amide bonds. The zero-order chi connectivity index (χ0) is 24.3. The molecule has 4 atom stereocenters. The Morgan fingerprint density at radius 1 is 1.09 bits per heavy atom. The van der Waals surface area contributed by atoms with Crippen LogP contribution in [-0.2, 0) is 4.79 Å². The summed E-state index contributed by atoms with van der Waals surface area (Å²) < 4.78 is 0. The molecule has 2 unspecified atom stereocenters. The van der Waals surface area contributed by atoms with Crippen molar-refractivity contribution in [1.82, 2.24) is 9.88 Å². The van der Waals surface area contributed by atoms with E-state index >= 15 is 0 Å². The van der Waals surface area contributed by atoms with Gasteiger partial charge in [-0.15, -0.1) is 6.58 Å². The van der Waals surface area contributed by atoms with E-state index in [4.69, 9.17) is 23.2 Å². The van der Waals surface area contributed by atoms with Crippen LogP contribution in [-0.4, -0.2) is 15.8 Å². The minimum atomic E-state index is -0.583. The Labute approximate surface area is 212 Å². The van der Waals surface area contributed by atoms with Gasteiger partial charge >= 0.3 is 0 Å². The van der Waals surface area contributed by atoms with E-state index < -0.39 is 5.41 Å². The molecule has 0 spiro atoms. The number of aromatic nitrogens is 1. The van der Waals surface area contributed by atoms with Gasteiger partial charge in [0.1, 0.15) is 0 Å². The average Bonchev–Trinajstić information content (AvgIpc) is 2.84. The van der Waals surface area contributed by atoms with Crippen LogP contribution >= 0.6 is 23.2 Å². The van der Waals surface area contributed by atoms with Gasteiger partial charge in [-0.25, -0.2) is 0 Å². The molecule has 0 N–H and O–H groups in total. The van der Waals surface area contributed by atoms with Gasteiger partial charge in [0, 0.05) is 22.2 Å². The van der Waals surface area contributed by atoms with E-state index in [-0.39, 0.29) is 23.9 Å². The van der Waals surface area contributed by atoms with E-state index in [0.717, 1.165) is 23.2 Å². The van der Waals surface area contributed by atoms with Crippen LogP contribution in [0.15, 0.2) is 85.6 Å². The van der Waals surface area contributed by atoms with Crippen LogP contribution in [0.2, 0.25) is 10.0 Å². The van der Waals surface area contributed by atoms with Crippen molar-refractivity contribution in [2.75, 3.05) is 0 Å². The predicted octanol–water partition coefficient (Wildman–Crippen LogP) is 8.18. The zero-order valence-corrected chi connectivity index (χ0v) is 21.1. The normalized spacial score (nSPS) is 23.5. The molecule has 2 heterocycles. The van der Waals surface area contributed by atoms with Crippen LogP contribution in [0.5, 0.6) is 0 Å². The van der Waals surface area contributed by atoms with Crippen molar-refractivity contribution in [3.05, 3.63) is 112 Å². The fraction of sp³-hybridized carbons (Fsp3) is 0.310. The van der Waals surface area contributed by atoms with E-state index in [0.29, 0.717) is 22.9 Å². The molecule has 176 valence electrons. The molecule has 1 aliphatic rings. The summed E-state index contributed by atoms with van der Waals surface area (Å²) in [5, 5.41) is 1.36. The second-order valence-corrected chi connectivity index (χ2v) is 10.2. The molecule has 1 saturated heterocycles. The molecule has 1 aromatic heterocycles. The number of benzene rings is 2. The third-order valence-corrected chi connectivity index (χ3v) is 7.42. The highest BCUT2D eigenvalue weighted by Gasteiger charge is 2.51. The molecule has 34 heavy (non-hydrogen) atoms. The maximum absolute atomic E-state index is 14.3. The Morgan fingerprint density at radius 2 is 1.85 bits per heavy atom. The lowest BCUT2D eigenvalue weighted by Gasteiger charge is -2.52. The molecular weight excluding hydrogens is 463 g/mol. The Morgan fingerprint density at radius 3 is 2.47 bits per heavy atom. The Balaban J connectivity index is 1.94. The highest BCUT2D eigenvalue weighted by Crippen LogP contribution is 2.54. The van der Waals surface area contributed by atoms with Crippen LogP contribution in [0.3, 0.4) is 0 Å². The van der Waals surface area contributed by atoms with E-state index in [1.54, 1.807) is 6.20 Å². The highest BCUT2D eigenvalue weighted by atomic mass is 35.5. The number of amides is 1. The summed E-state index contributed by atoms with van der Waals surface area (Å²) in [6.07, 6.45) is 5.70. The smallest absolute Gasteiger partial charge is 0.229 e. The van der Waals surface area contributed by atoms with Crippen LogP contribution in [0.25, 0.3) is 0 Å². The van der Waals surface area contributed by atoms with E-state index in [2.05, 4.69) is 36.4 Å². The summed E-state index contributed by atoms with van der Waals surface area (Å²) in [6, 6.07) is 21.4. The standard InChI is InChI=1S/C29H30Cl2N2O/c1-4-16-29(3)19-24(21-9-8-10-23(31)18-21)27(20-12-14-22(30)15-13-20)33(28(29)34)26(5-2)25-11-6-7-17-32-25/h4,6-15,17-18,24,26-27H,1,5,16,19H2,2-3H3/t24?,26-,27?,29-/m0/s1. The number of carbonyl (C=O) groups is 1. The first-order valence-electron chi connectivity index (χ1n) is 11.7. The Hall–Kier alpha value is -2.62. The number of rotatable bonds is 7. The first kappa shape index (κ1) is 24.5. The van der Waals surface area contributed by atoms with Gasteiger partial charge in [0.25, 0.3) is 0 Å². The number of piperidine rings is 1. The quantitative estimate of drug-likeness (QED) is 0.311. The fourth-order valence-corrected chi connectivity index (χ4v) is 5.68. The molecule has 0 radical (unpaired) electrons. The van der Waals surface area contributed by atoms with Crippen molar-refractivity contribution in [1.29, 1.82) is 0 Å². The largest absolute Gasteiger partial charge is 0.326 e. The number of hydrogen-bond acceptors (Lipinski definition) is 2. The van der Waals surface area contributed by atoms with Gasteiger partial charge in [0.05, 0.1) is 23.2 Å². The fourth-order valence-electron chi connectivity index (χ4n) is 5.35. The van der Waals surface area contributed by atoms with Crippen molar-refractivity contribution < 1.29 is 4.79 Å². The minimum Gasteiger partial charge on any atom is -0.326 e. The molecular formula is C29H30Cl2N2O. The lowest BCUT2D eigenvalue weighted by atomic mass is 9.67. The molecule has 4 rings (SSSR count). The molecule has 0 saturated carbocycles. The lowest BCUT2D eigenvalue weighted by molar-refractivity contribution is -0.155. The van der Waals surface area contributed by atoms with Crippen molar-refractivity contribution in [3.8, 4) is 0 Å². The third-order valence-electron chi connectivity index (χ3n) is 6.94. The number of allylic oxidation sites excluding steroid dienone is 1. The predicted molar refractivity (Wildman–Crippen MR) is 140 cm³/mol. The molecule has 1 aliphatic heterocycles. The van der Waals surface area contributed by atoms with Gasteiger partial charge in [-0.05, 0) is 66.8 Å².